The molecule has 1 aromatic carbocycles. The van der Waals surface area contributed by atoms with Gasteiger partial charge in [0.05, 0.1) is 27.0 Å². The molecule has 18 heavy (non-hydrogen) atoms. The second-order valence-corrected chi connectivity index (χ2v) is 3.85. The van der Waals surface area contributed by atoms with Crippen LogP contribution in [0.5, 0.6) is 17.2 Å². The van der Waals surface area contributed by atoms with E-state index in [1.165, 1.54) is 0 Å². The van der Waals surface area contributed by atoms with Gasteiger partial charge in [0.25, 0.3) is 0 Å². The van der Waals surface area contributed by atoms with E-state index in [1.54, 1.807) is 34.3 Å². The van der Waals surface area contributed by atoms with Gasteiger partial charge in [-0.1, -0.05) is 5.16 Å². The van der Waals surface area contributed by atoms with Crippen LogP contribution in [-0.4, -0.2) is 32.2 Å². The van der Waals surface area contributed by atoms with Crippen molar-refractivity contribution in [1.82, 2.24) is 0 Å². The summed E-state index contributed by atoms with van der Waals surface area (Å²) in [6.07, 6.45) is 1.36. The average Bonchev–Trinajstić information content (AvgIpc) is 2.43. The van der Waals surface area contributed by atoms with E-state index in [1.807, 2.05) is 6.07 Å². The number of nitrogens with zero attached hydrogens (tertiary/aromatic N) is 1. The summed E-state index contributed by atoms with van der Waals surface area (Å²) in [5, 5.41) is 11.8. The van der Waals surface area contributed by atoms with Crippen LogP contribution < -0.4 is 14.2 Å². The molecule has 1 N–H and O–H groups in total. The highest BCUT2D eigenvalue weighted by atomic mass is 16.5. The Kier molecular flexibility index (Phi) is 5.30. The lowest BCUT2D eigenvalue weighted by atomic mass is 10.1. The Hall–Kier alpha value is -1.91. The van der Waals surface area contributed by atoms with E-state index >= 15 is 0 Å². The summed E-state index contributed by atoms with van der Waals surface area (Å²) >= 11 is 0. The molecule has 0 aliphatic rings. The van der Waals surface area contributed by atoms with Crippen LogP contribution in [-0.2, 0) is 6.42 Å². The minimum Gasteiger partial charge on any atom is -0.496 e. The Balaban J connectivity index is 3.01. The Bertz CT molecular complexity index is 429. The summed E-state index contributed by atoms with van der Waals surface area (Å²) < 4.78 is 15.8. The van der Waals surface area contributed by atoms with Gasteiger partial charge in [-0.2, -0.15) is 0 Å². The van der Waals surface area contributed by atoms with Crippen molar-refractivity contribution >= 4 is 5.71 Å². The van der Waals surface area contributed by atoms with E-state index < -0.39 is 0 Å². The van der Waals surface area contributed by atoms with Crippen LogP contribution in [0.15, 0.2) is 17.3 Å². The predicted molar refractivity (Wildman–Crippen MR) is 69.3 cm³/mol. The van der Waals surface area contributed by atoms with E-state index in [2.05, 4.69) is 5.16 Å². The lowest BCUT2D eigenvalue weighted by molar-refractivity contribution is 0.317. The normalized spacial score (nSPS) is 11.2. The number of benzene rings is 1. The molecule has 0 unspecified atom stereocenters. The van der Waals surface area contributed by atoms with Gasteiger partial charge in [-0.25, -0.2) is 0 Å². The van der Waals surface area contributed by atoms with Crippen LogP contribution >= 0.6 is 0 Å². The summed E-state index contributed by atoms with van der Waals surface area (Å²) in [6, 6.07) is 3.67. The van der Waals surface area contributed by atoms with Gasteiger partial charge in [0.15, 0.2) is 11.5 Å². The van der Waals surface area contributed by atoms with Crippen molar-refractivity contribution < 1.29 is 19.4 Å². The Morgan fingerprint density at radius 1 is 1.06 bits per heavy atom. The fourth-order valence-corrected chi connectivity index (χ4v) is 1.65. The van der Waals surface area contributed by atoms with E-state index in [0.717, 1.165) is 11.3 Å². The summed E-state index contributed by atoms with van der Waals surface area (Å²) in [5.41, 5.74) is 1.66. The van der Waals surface area contributed by atoms with E-state index in [9.17, 15) is 0 Å². The van der Waals surface area contributed by atoms with Crippen LogP contribution in [0.4, 0.5) is 0 Å². The first-order valence-electron chi connectivity index (χ1n) is 5.62. The molecule has 0 spiro atoms. The van der Waals surface area contributed by atoms with Gasteiger partial charge >= 0.3 is 0 Å². The maximum Gasteiger partial charge on any atom is 0.164 e. The fourth-order valence-electron chi connectivity index (χ4n) is 1.65. The maximum absolute atomic E-state index is 8.63. The Morgan fingerprint density at radius 2 is 1.61 bits per heavy atom. The van der Waals surface area contributed by atoms with Crippen molar-refractivity contribution in [2.45, 2.75) is 19.8 Å². The number of methoxy groups -OCH3 is 3. The van der Waals surface area contributed by atoms with Gasteiger partial charge < -0.3 is 19.4 Å². The third-order valence-electron chi connectivity index (χ3n) is 2.71. The van der Waals surface area contributed by atoms with Gasteiger partial charge in [-0.3, -0.25) is 0 Å². The number of oxime groups is 1. The molecule has 1 rings (SSSR count). The van der Waals surface area contributed by atoms with Crippen LogP contribution in [0.1, 0.15) is 18.9 Å². The van der Waals surface area contributed by atoms with Crippen molar-refractivity contribution in [1.29, 1.82) is 0 Å². The summed E-state index contributed by atoms with van der Waals surface area (Å²) in [4.78, 5) is 0. The molecule has 0 aliphatic heterocycles. The quantitative estimate of drug-likeness (QED) is 0.480. The zero-order valence-electron chi connectivity index (χ0n) is 11.2. The van der Waals surface area contributed by atoms with Gasteiger partial charge in [-0.15, -0.1) is 0 Å². The first-order chi connectivity index (χ1) is 8.65. The Morgan fingerprint density at radius 3 is 2.11 bits per heavy atom. The molecule has 0 fully saturated rings. The molecule has 0 saturated carbocycles. The third-order valence-corrected chi connectivity index (χ3v) is 2.71. The molecule has 0 atom stereocenters. The largest absolute Gasteiger partial charge is 0.496 e. The second kappa shape index (κ2) is 6.74. The van der Waals surface area contributed by atoms with Gasteiger partial charge in [0.2, 0.25) is 0 Å². The van der Waals surface area contributed by atoms with Crippen molar-refractivity contribution in [2.24, 2.45) is 5.16 Å². The molecule has 0 bridgehead atoms. The van der Waals surface area contributed by atoms with Gasteiger partial charge in [0, 0.05) is 6.07 Å². The highest BCUT2D eigenvalue weighted by Gasteiger charge is 2.11. The summed E-state index contributed by atoms with van der Waals surface area (Å²) in [7, 11) is 4.78. The third kappa shape index (κ3) is 3.29. The minimum absolute atomic E-state index is 0.630. The van der Waals surface area contributed by atoms with E-state index in [4.69, 9.17) is 19.4 Å². The van der Waals surface area contributed by atoms with Gasteiger partial charge in [0.1, 0.15) is 5.75 Å². The highest BCUT2D eigenvalue weighted by Crippen LogP contribution is 2.35. The highest BCUT2D eigenvalue weighted by molar-refractivity contribution is 5.81. The standard InChI is InChI=1S/C13H19NO4/c1-9(14-15)5-6-10-7-12(17-3)13(18-4)8-11(10)16-2/h7-8,15H,5-6H2,1-4H3/b14-9-. The number of aryl methyl sites for hydroxylation is 1. The van der Waals surface area contributed by atoms with Crippen molar-refractivity contribution in [2.75, 3.05) is 21.3 Å². The van der Waals surface area contributed by atoms with E-state index in [0.29, 0.717) is 30.1 Å². The van der Waals surface area contributed by atoms with Crippen LogP contribution in [0.2, 0.25) is 0 Å². The van der Waals surface area contributed by atoms with Crippen LogP contribution in [0.25, 0.3) is 0 Å². The molecule has 0 saturated heterocycles. The molecule has 5 nitrogen and oxygen atoms in total. The topological polar surface area (TPSA) is 60.3 Å². The molecule has 5 heteroatoms. The molecule has 0 aromatic heterocycles. The van der Waals surface area contributed by atoms with Crippen LogP contribution in [0.3, 0.4) is 0 Å². The molecule has 0 aliphatic carbocycles. The zero-order valence-corrected chi connectivity index (χ0v) is 11.2. The van der Waals surface area contributed by atoms with E-state index in [-0.39, 0.29) is 0 Å². The lowest BCUT2D eigenvalue weighted by Crippen LogP contribution is -2.00. The smallest absolute Gasteiger partial charge is 0.164 e. The average molecular weight is 253 g/mol. The van der Waals surface area contributed by atoms with Crippen molar-refractivity contribution in [3.8, 4) is 17.2 Å². The maximum atomic E-state index is 8.63. The number of hydrogen-bond acceptors (Lipinski definition) is 5. The van der Waals surface area contributed by atoms with Crippen molar-refractivity contribution in [3.63, 3.8) is 0 Å². The summed E-state index contributed by atoms with van der Waals surface area (Å²) in [5.74, 6) is 2.02. The van der Waals surface area contributed by atoms with Crippen LogP contribution in [0, 0.1) is 0 Å². The fraction of sp³-hybridized carbons (Fsp3) is 0.462. The first-order valence-corrected chi connectivity index (χ1v) is 5.62. The number of rotatable bonds is 6. The molecular formula is C13H19NO4. The zero-order chi connectivity index (χ0) is 13.5. The molecule has 1 aromatic rings. The minimum atomic E-state index is 0.630. The summed E-state index contributed by atoms with van der Waals surface area (Å²) in [6.45, 7) is 1.77. The SMILES string of the molecule is COc1cc(OC)c(OC)cc1CC/C(C)=N\O. The first kappa shape index (κ1) is 14.2. The molecule has 0 heterocycles. The molecule has 0 radical (unpaired) electrons. The lowest BCUT2D eigenvalue weighted by Gasteiger charge is -2.13. The van der Waals surface area contributed by atoms with Gasteiger partial charge in [-0.05, 0) is 31.4 Å². The number of hydrogen-bond donors (Lipinski definition) is 1. The van der Waals surface area contributed by atoms with Crippen molar-refractivity contribution in [3.05, 3.63) is 17.7 Å². The second-order valence-electron chi connectivity index (χ2n) is 3.85. The Labute approximate surface area is 107 Å². The molecular weight excluding hydrogens is 234 g/mol. The monoisotopic (exact) mass is 253 g/mol. The number of ether oxygens (including phenoxy) is 3. The predicted octanol–water partition coefficient (Wildman–Crippen LogP) is 2.50. The molecule has 0 amide bonds. The molecule has 100 valence electrons.